The zero-order chi connectivity index (χ0) is 15.4. The summed E-state index contributed by atoms with van der Waals surface area (Å²) in [6.45, 7) is 5.84. The van der Waals surface area contributed by atoms with Crippen LogP contribution in [-0.4, -0.2) is 33.5 Å². The third-order valence-corrected chi connectivity index (χ3v) is 5.28. The SMILES string of the molecule is Cc1ccc(Cl)cc1NC(=O)[C@H](C)SC(=S)N1CCCC1. The zero-order valence-corrected chi connectivity index (χ0v) is 14.6. The van der Waals surface area contributed by atoms with Crippen LogP contribution < -0.4 is 5.32 Å². The van der Waals surface area contributed by atoms with Crippen LogP contribution in [0.2, 0.25) is 5.02 Å². The Morgan fingerprint density at radius 3 is 2.76 bits per heavy atom. The van der Waals surface area contributed by atoms with Crippen molar-refractivity contribution in [2.75, 3.05) is 18.4 Å². The van der Waals surface area contributed by atoms with Gasteiger partial charge >= 0.3 is 0 Å². The first-order chi connectivity index (χ1) is 9.97. The number of aryl methyl sites for hydroxylation is 1. The van der Waals surface area contributed by atoms with E-state index >= 15 is 0 Å². The molecule has 1 aromatic carbocycles. The molecular weight excluding hydrogens is 324 g/mol. The Labute approximate surface area is 140 Å². The average Bonchev–Trinajstić information content (AvgIpc) is 2.97. The third-order valence-electron chi connectivity index (χ3n) is 3.47. The van der Waals surface area contributed by atoms with E-state index < -0.39 is 0 Å². The third kappa shape index (κ3) is 4.59. The van der Waals surface area contributed by atoms with Crippen LogP contribution in [0.4, 0.5) is 5.69 Å². The van der Waals surface area contributed by atoms with E-state index in [-0.39, 0.29) is 11.2 Å². The fourth-order valence-electron chi connectivity index (χ4n) is 2.14. The molecule has 1 N–H and O–H groups in total. The number of hydrogen-bond acceptors (Lipinski definition) is 3. The highest BCUT2D eigenvalue weighted by molar-refractivity contribution is 8.23. The first kappa shape index (κ1) is 16.6. The number of thioether (sulfide) groups is 1. The summed E-state index contributed by atoms with van der Waals surface area (Å²) in [5, 5.41) is 3.31. The topological polar surface area (TPSA) is 32.3 Å². The molecule has 0 saturated carbocycles. The number of rotatable bonds is 3. The minimum atomic E-state index is -0.225. The summed E-state index contributed by atoms with van der Waals surface area (Å²) in [5.41, 5.74) is 1.75. The number of likely N-dealkylation sites (tertiary alicyclic amines) is 1. The van der Waals surface area contributed by atoms with Crippen molar-refractivity contribution in [2.45, 2.75) is 31.9 Å². The van der Waals surface area contributed by atoms with Crippen LogP contribution in [0.25, 0.3) is 0 Å². The second-order valence-electron chi connectivity index (χ2n) is 5.17. The van der Waals surface area contributed by atoms with Crippen LogP contribution >= 0.6 is 35.6 Å². The summed E-state index contributed by atoms with van der Waals surface area (Å²) in [4.78, 5) is 14.4. The van der Waals surface area contributed by atoms with Crippen molar-refractivity contribution in [1.82, 2.24) is 4.90 Å². The Hall–Kier alpha value is -0.780. The Morgan fingerprint density at radius 1 is 1.43 bits per heavy atom. The van der Waals surface area contributed by atoms with Gasteiger partial charge in [0.1, 0.15) is 4.32 Å². The van der Waals surface area contributed by atoms with E-state index in [9.17, 15) is 4.79 Å². The smallest absolute Gasteiger partial charge is 0.237 e. The van der Waals surface area contributed by atoms with Gasteiger partial charge in [0.25, 0.3) is 0 Å². The number of benzene rings is 1. The number of carbonyl (C=O) groups excluding carboxylic acids is 1. The Balaban J connectivity index is 1.93. The van der Waals surface area contributed by atoms with Gasteiger partial charge in [0.2, 0.25) is 5.91 Å². The monoisotopic (exact) mass is 342 g/mol. The van der Waals surface area contributed by atoms with Gasteiger partial charge < -0.3 is 10.2 Å². The van der Waals surface area contributed by atoms with Gasteiger partial charge in [-0.2, -0.15) is 0 Å². The first-order valence-electron chi connectivity index (χ1n) is 7.00. The van der Waals surface area contributed by atoms with Crippen LogP contribution in [0.3, 0.4) is 0 Å². The summed E-state index contributed by atoms with van der Waals surface area (Å²) in [7, 11) is 0. The molecular formula is C15H19ClN2OS2. The van der Waals surface area contributed by atoms with Crippen LogP contribution in [0.15, 0.2) is 18.2 Å². The minimum Gasteiger partial charge on any atom is -0.358 e. The van der Waals surface area contributed by atoms with Crippen molar-refractivity contribution in [2.24, 2.45) is 0 Å². The number of amides is 1. The Bertz CT molecular complexity index is 544. The molecule has 0 aromatic heterocycles. The molecule has 0 spiro atoms. The van der Waals surface area contributed by atoms with Gasteiger partial charge in [0.15, 0.2) is 0 Å². The maximum atomic E-state index is 12.3. The molecule has 1 saturated heterocycles. The van der Waals surface area contributed by atoms with Crippen LogP contribution in [0, 0.1) is 6.92 Å². The normalized spacial score (nSPS) is 15.9. The van der Waals surface area contributed by atoms with Crippen molar-refractivity contribution in [3.63, 3.8) is 0 Å². The van der Waals surface area contributed by atoms with Crippen molar-refractivity contribution in [3.05, 3.63) is 28.8 Å². The highest BCUT2D eigenvalue weighted by Gasteiger charge is 2.21. The molecule has 1 atom stereocenters. The van der Waals surface area contributed by atoms with Crippen molar-refractivity contribution >= 4 is 51.5 Å². The average molecular weight is 343 g/mol. The number of thiocarbonyl (C=S) groups is 1. The lowest BCUT2D eigenvalue weighted by molar-refractivity contribution is -0.115. The van der Waals surface area contributed by atoms with Gasteiger partial charge in [-0.3, -0.25) is 4.79 Å². The number of carbonyl (C=O) groups is 1. The first-order valence-corrected chi connectivity index (χ1v) is 8.66. The lowest BCUT2D eigenvalue weighted by atomic mass is 10.2. The van der Waals surface area contributed by atoms with Gasteiger partial charge in [0, 0.05) is 23.8 Å². The molecule has 1 aliphatic heterocycles. The highest BCUT2D eigenvalue weighted by Crippen LogP contribution is 2.24. The van der Waals surface area contributed by atoms with E-state index in [1.165, 1.54) is 24.6 Å². The summed E-state index contributed by atoms with van der Waals surface area (Å²) < 4.78 is 0.818. The second-order valence-corrected chi connectivity index (χ2v) is 7.58. The number of nitrogens with one attached hydrogen (secondary N) is 1. The van der Waals surface area contributed by atoms with Crippen molar-refractivity contribution in [3.8, 4) is 0 Å². The van der Waals surface area contributed by atoms with E-state index in [2.05, 4.69) is 10.2 Å². The van der Waals surface area contributed by atoms with Gasteiger partial charge in [-0.25, -0.2) is 0 Å². The molecule has 0 unspecified atom stereocenters. The number of halogens is 1. The molecule has 1 fully saturated rings. The summed E-state index contributed by atoms with van der Waals surface area (Å²) >= 11 is 12.8. The minimum absolute atomic E-state index is 0.0492. The molecule has 1 aromatic rings. The number of hydrogen-bond donors (Lipinski definition) is 1. The van der Waals surface area contributed by atoms with Crippen LogP contribution in [0.5, 0.6) is 0 Å². The zero-order valence-electron chi connectivity index (χ0n) is 12.2. The number of anilines is 1. The molecule has 1 heterocycles. The van der Waals surface area contributed by atoms with Gasteiger partial charge in [-0.15, -0.1) is 0 Å². The van der Waals surface area contributed by atoms with E-state index in [4.69, 9.17) is 23.8 Å². The van der Waals surface area contributed by atoms with E-state index in [0.717, 1.165) is 28.7 Å². The summed E-state index contributed by atoms with van der Waals surface area (Å²) in [5.74, 6) is -0.0492. The highest BCUT2D eigenvalue weighted by atomic mass is 35.5. The standard InChI is InChI=1S/C15H19ClN2OS2/c1-10-5-6-12(16)9-13(10)17-14(19)11(2)21-15(20)18-7-3-4-8-18/h5-6,9,11H,3-4,7-8H2,1-2H3,(H,17,19)/t11-/m0/s1. The molecule has 0 radical (unpaired) electrons. The van der Waals surface area contributed by atoms with Crippen LogP contribution in [-0.2, 0) is 4.79 Å². The summed E-state index contributed by atoms with van der Waals surface area (Å²) in [6.07, 6.45) is 2.37. The Morgan fingerprint density at radius 2 is 2.10 bits per heavy atom. The second kappa shape index (κ2) is 7.47. The van der Waals surface area contributed by atoms with E-state index in [1.807, 2.05) is 26.0 Å². The molecule has 114 valence electrons. The van der Waals surface area contributed by atoms with Crippen molar-refractivity contribution in [1.29, 1.82) is 0 Å². The molecule has 2 rings (SSSR count). The lowest BCUT2D eigenvalue weighted by Gasteiger charge is -2.20. The van der Waals surface area contributed by atoms with E-state index in [0.29, 0.717) is 5.02 Å². The largest absolute Gasteiger partial charge is 0.358 e. The van der Waals surface area contributed by atoms with Gasteiger partial charge in [0.05, 0.1) is 5.25 Å². The van der Waals surface area contributed by atoms with E-state index in [1.54, 1.807) is 6.07 Å². The molecule has 3 nitrogen and oxygen atoms in total. The molecule has 6 heteroatoms. The molecule has 0 bridgehead atoms. The summed E-state index contributed by atoms with van der Waals surface area (Å²) in [6, 6.07) is 5.48. The van der Waals surface area contributed by atoms with Crippen molar-refractivity contribution < 1.29 is 4.79 Å². The fraction of sp³-hybridized carbons (Fsp3) is 0.467. The maximum Gasteiger partial charge on any atom is 0.237 e. The predicted molar refractivity (Wildman–Crippen MR) is 95.3 cm³/mol. The van der Waals surface area contributed by atoms with Gasteiger partial charge in [-0.05, 0) is 44.4 Å². The number of nitrogens with zero attached hydrogens (tertiary/aromatic N) is 1. The maximum absolute atomic E-state index is 12.3. The molecule has 1 aliphatic rings. The fourth-order valence-corrected chi connectivity index (χ4v) is 3.73. The predicted octanol–water partition coefficient (Wildman–Crippen LogP) is 4.09. The van der Waals surface area contributed by atoms with Crippen LogP contribution in [0.1, 0.15) is 25.3 Å². The quantitative estimate of drug-likeness (QED) is 0.838. The molecule has 0 aliphatic carbocycles. The molecule has 21 heavy (non-hydrogen) atoms. The Kier molecular flexibility index (Phi) is 5.90. The van der Waals surface area contributed by atoms with Gasteiger partial charge in [-0.1, -0.05) is 41.6 Å². The lowest BCUT2D eigenvalue weighted by Crippen LogP contribution is -2.29. The molecule has 1 amide bonds.